The van der Waals surface area contributed by atoms with Gasteiger partial charge in [0.05, 0.1) is 5.39 Å². The van der Waals surface area contributed by atoms with Gasteiger partial charge in [-0.1, -0.05) is 0 Å². The monoisotopic (exact) mass is 296 g/mol. The van der Waals surface area contributed by atoms with Crippen LogP contribution in [0.25, 0.3) is 10.2 Å². The molecule has 0 radical (unpaired) electrons. The first-order chi connectivity index (χ1) is 9.22. The summed E-state index contributed by atoms with van der Waals surface area (Å²) < 4.78 is 0. The van der Waals surface area contributed by atoms with Crippen molar-refractivity contribution in [2.75, 3.05) is 32.0 Å². The van der Waals surface area contributed by atoms with Crippen molar-refractivity contribution >= 4 is 39.0 Å². The second-order valence-electron chi connectivity index (χ2n) is 5.11. The molecule has 3 heterocycles. The minimum Gasteiger partial charge on any atom is -0.369 e. The van der Waals surface area contributed by atoms with Crippen LogP contribution in [-0.2, 0) is 0 Å². The standard InChI is InChI=1S/C13H17ClN4S/c1-18-5-2-9(3-6-18)8-15-11-10-4-7-19-12(10)17-13(14)16-11/h4,7,9H,2-3,5-6,8H2,1H3,(H,15,16,17). The van der Waals surface area contributed by atoms with Crippen LogP contribution in [0.15, 0.2) is 11.4 Å². The topological polar surface area (TPSA) is 41.0 Å². The molecule has 6 heteroatoms. The second kappa shape index (κ2) is 5.61. The Kier molecular flexibility index (Phi) is 3.86. The number of piperidine rings is 1. The number of hydrogen-bond acceptors (Lipinski definition) is 5. The van der Waals surface area contributed by atoms with Gasteiger partial charge in [-0.3, -0.25) is 0 Å². The zero-order chi connectivity index (χ0) is 13.2. The molecular weight excluding hydrogens is 280 g/mol. The number of rotatable bonds is 3. The lowest BCUT2D eigenvalue weighted by Gasteiger charge is -2.29. The van der Waals surface area contributed by atoms with E-state index in [0.29, 0.717) is 5.28 Å². The summed E-state index contributed by atoms with van der Waals surface area (Å²) in [4.78, 5) is 11.9. The molecule has 0 amide bonds. The quantitative estimate of drug-likeness (QED) is 0.884. The molecule has 3 rings (SSSR count). The minimum absolute atomic E-state index is 0.320. The average molecular weight is 297 g/mol. The Hall–Kier alpha value is -0.910. The van der Waals surface area contributed by atoms with Gasteiger partial charge >= 0.3 is 0 Å². The van der Waals surface area contributed by atoms with Crippen molar-refractivity contribution in [2.45, 2.75) is 12.8 Å². The minimum atomic E-state index is 0.320. The highest BCUT2D eigenvalue weighted by Crippen LogP contribution is 2.27. The molecule has 1 saturated heterocycles. The zero-order valence-electron chi connectivity index (χ0n) is 10.9. The van der Waals surface area contributed by atoms with E-state index >= 15 is 0 Å². The smallest absolute Gasteiger partial charge is 0.225 e. The Bertz CT molecular complexity index is 563. The summed E-state index contributed by atoms with van der Waals surface area (Å²) in [6.07, 6.45) is 2.49. The summed E-state index contributed by atoms with van der Waals surface area (Å²) >= 11 is 7.55. The van der Waals surface area contributed by atoms with Gasteiger partial charge in [-0.15, -0.1) is 11.3 Å². The fraction of sp³-hybridized carbons (Fsp3) is 0.538. The van der Waals surface area contributed by atoms with Gasteiger partial charge in [0.25, 0.3) is 0 Å². The lowest BCUT2D eigenvalue weighted by atomic mass is 9.97. The van der Waals surface area contributed by atoms with E-state index in [4.69, 9.17) is 11.6 Å². The zero-order valence-corrected chi connectivity index (χ0v) is 12.5. The number of fused-ring (bicyclic) bond motifs is 1. The van der Waals surface area contributed by atoms with Crippen molar-refractivity contribution in [1.82, 2.24) is 14.9 Å². The van der Waals surface area contributed by atoms with Gasteiger partial charge in [0.1, 0.15) is 10.6 Å². The number of hydrogen-bond donors (Lipinski definition) is 1. The number of nitrogens with zero attached hydrogens (tertiary/aromatic N) is 3. The van der Waals surface area contributed by atoms with Crippen LogP contribution in [0.5, 0.6) is 0 Å². The molecule has 1 aliphatic heterocycles. The second-order valence-corrected chi connectivity index (χ2v) is 6.34. The molecule has 0 spiro atoms. The molecular formula is C13H17ClN4S. The van der Waals surface area contributed by atoms with Crippen molar-refractivity contribution in [3.63, 3.8) is 0 Å². The Balaban J connectivity index is 1.69. The summed E-state index contributed by atoms with van der Waals surface area (Å²) in [5.74, 6) is 1.59. The third-order valence-electron chi connectivity index (χ3n) is 3.69. The summed E-state index contributed by atoms with van der Waals surface area (Å²) in [5, 5.41) is 6.87. The summed E-state index contributed by atoms with van der Waals surface area (Å²) in [5.41, 5.74) is 0. The third-order valence-corrected chi connectivity index (χ3v) is 4.67. The van der Waals surface area contributed by atoms with E-state index < -0.39 is 0 Å². The Morgan fingerprint density at radius 2 is 2.21 bits per heavy atom. The first-order valence-electron chi connectivity index (χ1n) is 6.55. The Morgan fingerprint density at radius 1 is 1.42 bits per heavy atom. The highest BCUT2D eigenvalue weighted by Gasteiger charge is 2.17. The van der Waals surface area contributed by atoms with Crippen LogP contribution in [0.2, 0.25) is 5.28 Å². The number of halogens is 1. The van der Waals surface area contributed by atoms with E-state index in [9.17, 15) is 0 Å². The number of nitrogens with one attached hydrogen (secondary N) is 1. The van der Waals surface area contributed by atoms with E-state index in [1.165, 1.54) is 25.9 Å². The number of aromatic nitrogens is 2. The summed E-state index contributed by atoms with van der Waals surface area (Å²) in [6.45, 7) is 3.33. The molecule has 102 valence electrons. The lowest BCUT2D eigenvalue weighted by Crippen LogP contribution is -2.33. The normalized spacial score (nSPS) is 18.0. The Labute approximate surface area is 121 Å². The van der Waals surface area contributed by atoms with Crippen LogP contribution < -0.4 is 5.32 Å². The third kappa shape index (κ3) is 2.99. The predicted molar refractivity (Wildman–Crippen MR) is 81.1 cm³/mol. The average Bonchev–Trinajstić information content (AvgIpc) is 2.85. The van der Waals surface area contributed by atoms with Gasteiger partial charge in [-0.05, 0) is 61.9 Å². The van der Waals surface area contributed by atoms with Crippen LogP contribution in [0.3, 0.4) is 0 Å². The number of likely N-dealkylation sites (tertiary alicyclic amines) is 1. The molecule has 0 aliphatic carbocycles. The maximum absolute atomic E-state index is 5.96. The molecule has 0 atom stereocenters. The molecule has 0 unspecified atom stereocenters. The molecule has 0 bridgehead atoms. The maximum atomic E-state index is 5.96. The van der Waals surface area contributed by atoms with Gasteiger partial charge in [0.2, 0.25) is 5.28 Å². The van der Waals surface area contributed by atoms with Crippen molar-refractivity contribution in [3.05, 3.63) is 16.7 Å². The van der Waals surface area contributed by atoms with E-state index in [1.807, 2.05) is 11.4 Å². The fourth-order valence-electron chi connectivity index (χ4n) is 2.47. The molecule has 1 N–H and O–H groups in total. The number of anilines is 1. The van der Waals surface area contributed by atoms with Crippen LogP contribution in [0.1, 0.15) is 12.8 Å². The molecule has 0 saturated carbocycles. The molecule has 2 aromatic heterocycles. The molecule has 2 aromatic rings. The summed E-state index contributed by atoms with van der Waals surface area (Å²) in [6, 6.07) is 2.05. The number of thiophene rings is 1. The lowest BCUT2D eigenvalue weighted by molar-refractivity contribution is 0.226. The van der Waals surface area contributed by atoms with Gasteiger partial charge in [-0.25, -0.2) is 9.97 Å². The SMILES string of the molecule is CN1CCC(CNc2nc(Cl)nc3sccc23)CC1. The highest BCUT2D eigenvalue weighted by molar-refractivity contribution is 7.16. The fourth-order valence-corrected chi connectivity index (χ4v) is 3.45. The van der Waals surface area contributed by atoms with Gasteiger partial charge < -0.3 is 10.2 Å². The Morgan fingerprint density at radius 3 is 3.00 bits per heavy atom. The van der Waals surface area contributed by atoms with Gasteiger partial charge in [-0.2, -0.15) is 0 Å². The van der Waals surface area contributed by atoms with Crippen LogP contribution in [0, 0.1) is 5.92 Å². The molecule has 4 nitrogen and oxygen atoms in total. The molecule has 19 heavy (non-hydrogen) atoms. The van der Waals surface area contributed by atoms with E-state index in [2.05, 4.69) is 27.2 Å². The van der Waals surface area contributed by atoms with Crippen molar-refractivity contribution in [1.29, 1.82) is 0 Å². The van der Waals surface area contributed by atoms with Crippen LogP contribution in [-0.4, -0.2) is 41.5 Å². The first-order valence-corrected chi connectivity index (χ1v) is 7.81. The highest BCUT2D eigenvalue weighted by atomic mass is 35.5. The van der Waals surface area contributed by atoms with Gasteiger partial charge in [0, 0.05) is 6.54 Å². The summed E-state index contributed by atoms with van der Waals surface area (Å²) in [7, 11) is 2.18. The molecule has 1 fully saturated rings. The molecule has 1 aliphatic rings. The van der Waals surface area contributed by atoms with Crippen molar-refractivity contribution in [3.8, 4) is 0 Å². The molecule has 0 aromatic carbocycles. The van der Waals surface area contributed by atoms with Crippen molar-refractivity contribution in [2.24, 2.45) is 5.92 Å². The van der Waals surface area contributed by atoms with E-state index in [0.717, 1.165) is 28.5 Å². The largest absolute Gasteiger partial charge is 0.369 e. The van der Waals surface area contributed by atoms with Crippen molar-refractivity contribution < 1.29 is 0 Å². The maximum Gasteiger partial charge on any atom is 0.225 e. The van der Waals surface area contributed by atoms with E-state index in [1.54, 1.807) is 11.3 Å². The predicted octanol–water partition coefficient (Wildman–Crippen LogP) is 3.10. The van der Waals surface area contributed by atoms with Crippen LogP contribution in [0.4, 0.5) is 5.82 Å². The van der Waals surface area contributed by atoms with Crippen LogP contribution >= 0.6 is 22.9 Å². The van der Waals surface area contributed by atoms with Gasteiger partial charge in [0.15, 0.2) is 0 Å². The first kappa shape index (κ1) is 13.1. The van der Waals surface area contributed by atoms with E-state index in [-0.39, 0.29) is 0 Å².